The molecule has 3 nitrogen and oxygen atoms in total. The summed E-state index contributed by atoms with van der Waals surface area (Å²) in [7, 11) is 0. The molecule has 5 heteroatoms. The topological polar surface area (TPSA) is 34.1 Å². The quantitative estimate of drug-likeness (QED) is 0.807. The fourth-order valence-corrected chi connectivity index (χ4v) is 1.73. The maximum absolute atomic E-state index is 13.2. The standard InChI is InChI=1S/C10H12ClFN2O/c11-9-4-3-8(10(12)14-9)15-6-7-2-1-5-13-7/h3-4,7,13H,1-2,5-6H2/t7-/m0/s1. The maximum Gasteiger partial charge on any atom is 0.256 e. The van der Waals surface area contributed by atoms with Crippen molar-refractivity contribution in [1.29, 1.82) is 0 Å². The average Bonchev–Trinajstić information content (AvgIpc) is 2.69. The van der Waals surface area contributed by atoms with Crippen LogP contribution in [0.2, 0.25) is 5.15 Å². The fourth-order valence-electron chi connectivity index (χ4n) is 1.60. The van der Waals surface area contributed by atoms with Crippen molar-refractivity contribution >= 4 is 11.6 Å². The van der Waals surface area contributed by atoms with Crippen molar-refractivity contribution in [2.24, 2.45) is 0 Å². The Balaban J connectivity index is 1.92. The van der Waals surface area contributed by atoms with Gasteiger partial charge in [-0.3, -0.25) is 0 Å². The van der Waals surface area contributed by atoms with Gasteiger partial charge in [0.1, 0.15) is 11.8 Å². The molecule has 1 N–H and O–H groups in total. The Hall–Kier alpha value is -0.870. The number of rotatable bonds is 3. The van der Waals surface area contributed by atoms with Gasteiger partial charge in [-0.2, -0.15) is 4.39 Å². The second-order valence-electron chi connectivity index (χ2n) is 3.53. The van der Waals surface area contributed by atoms with Crippen LogP contribution < -0.4 is 10.1 Å². The number of hydrogen-bond acceptors (Lipinski definition) is 3. The Morgan fingerprint density at radius 2 is 2.47 bits per heavy atom. The molecule has 0 aromatic carbocycles. The van der Waals surface area contributed by atoms with Crippen LogP contribution in [0, 0.1) is 5.95 Å². The number of aromatic nitrogens is 1. The predicted molar refractivity (Wildman–Crippen MR) is 55.7 cm³/mol. The first-order valence-corrected chi connectivity index (χ1v) is 5.32. The van der Waals surface area contributed by atoms with Crippen molar-refractivity contribution in [3.63, 3.8) is 0 Å². The van der Waals surface area contributed by atoms with Gasteiger partial charge in [-0.15, -0.1) is 0 Å². The van der Waals surface area contributed by atoms with Gasteiger partial charge >= 0.3 is 0 Å². The molecule has 0 saturated carbocycles. The third kappa shape index (κ3) is 2.79. The van der Waals surface area contributed by atoms with E-state index in [-0.39, 0.29) is 10.9 Å². The predicted octanol–water partition coefficient (Wildman–Crippen LogP) is 2.00. The monoisotopic (exact) mass is 230 g/mol. The smallest absolute Gasteiger partial charge is 0.256 e. The Morgan fingerprint density at radius 3 is 3.13 bits per heavy atom. The van der Waals surface area contributed by atoms with Crippen molar-refractivity contribution in [3.8, 4) is 5.75 Å². The number of hydrogen-bond donors (Lipinski definition) is 1. The van der Waals surface area contributed by atoms with Crippen molar-refractivity contribution in [2.45, 2.75) is 18.9 Å². The molecular formula is C10H12ClFN2O. The van der Waals surface area contributed by atoms with Gasteiger partial charge in [0.15, 0.2) is 5.75 Å². The van der Waals surface area contributed by atoms with Gasteiger partial charge < -0.3 is 10.1 Å². The van der Waals surface area contributed by atoms with Gasteiger partial charge in [-0.1, -0.05) is 11.6 Å². The highest BCUT2D eigenvalue weighted by Crippen LogP contribution is 2.18. The van der Waals surface area contributed by atoms with E-state index in [0.717, 1.165) is 19.4 Å². The highest BCUT2D eigenvalue weighted by Gasteiger charge is 2.15. The molecule has 1 atom stereocenters. The molecule has 1 aromatic rings. The molecule has 0 spiro atoms. The summed E-state index contributed by atoms with van der Waals surface area (Å²) in [5.41, 5.74) is 0. The van der Waals surface area contributed by atoms with Crippen LogP contribution in [-0.4, -0.2) is 24.2 Å². The van der Waals surface area contributed by atoms with E-state index >= 15 is 0 Å². The van der Waals surface area contributed by atoms with Crippen molar-refractivity contribution < 1.29 is 9.13 Å². The van der Waals surface area contributed by atoms with E-state index in [1.54, 1.807) is 0 Å². The molecule has 82 valence electrons. The zero-order valence-corrected chi connectivity index (χ0v) is 8.93. The zero-order chi connectivity index (χ0) is 10.7. The third-order valence-electron chi connectivity index (χ3n) is 2.38. The van der Waals surface area contributed by atoms with Gasteiger partial charge in [-0.25, -0.2) is 4.98 Å². The number of nitrogens with zero attached hydrogens (tertiary/aromatic N) is 1. The van der Waals surface area contributed by atoms with E-state index in [1.165, 1.54) is 12.1 Å². The van der Waals surface area contributed by atoms with Gasteiger partial charge in [0, 0.05) is 6.04 Å². The molecule has 1 aliphatic heterocycles. The summed E-state index contributed by atoms with van der Waals surface area (Å²) in [6, 6.07) is 3.34. The molecule has 0 unspecified atom stereocenters. The Morgan fingerprint density at radius 1 is 1.60 bits per heavy atom. The van der Waals surface area contributed by atoms with Crippen molar-refractivity contribution in [2.75, 3.05) is 13.2 Å². The summed E-state index contributed by atoms with van der Waals surface area (Å²) in [6.07, 6.45) is 2.22. The fraction of sp³-hybridized carbons (Fsp3) is 0.500. The summed E-state index contributed by atoms with van der Waals surface area (Å²) in [5.74, 6) is -0.492. The highest BCUT2D eigenvalue weighted by molar-refractivity contribution is 6.29. The summed E-state index contributed by atoms with van der Waals surface area (Å²) in [6.45, 7) is 1.48. The summed E-state index contributed by atoms with van der Waals surface area (Å²) in [5, 5.41) is 3.40. The lowest BCUT2D eigenvalue weighted by Gasteiger charge is -2.11. The van der Waals surface area contributed by atoms with Crippen LogP contribution in [0.3, 0.4) is 0 Å². The largest absolute Gasteiger partial charge is 0.487 e. The molecule has 0 radical (unpaired) electrons. The molecule has 0 aliphatic carbocycles. The first-order valence-electron chi connectivity index (χ1n) is 4.94. The minimum atomic E-state index is -0.652. The first kappa shape index (κ1) is 10.6. The Labute approximate surface area is 92.6 Å². The van der Waals surface area contributed by atoms with Crippen LogP contribution in [0.15, 0.2) is 12.1 Å². The van der Waals surface area contributed by atoms with Crippen LogP contribution in [0.25, 0.3) is 0 Å². The zero-order valence-electron chi connectivity index (χ0n) is 8.17. The molecule has 1 fully saturated rings. The first-order chi connectivity index (χ1) is 7.25. The van der Waals surface area contributed by atoms with E-state index in [9.17, 15) is 4.39 Å². The van der Waals surface area contributed by atoms with Crippen LogP contribution >= 0.6 is 11.6 Å². The second-order valence-corrected chi connectivity index (χ2v) is 3.91. The Bertz CT molecular complexity index is 342. The molecular weight excluding hydrogens is 219 g/mol. The van der Waals surface area contributed by atoms with E-state index in [0.29, 0.717) is 12.6 Å². The van der Waals surface area contributed by atoms with Gasteiger partial charge in [0.25, 0.3) is 5.95 Å². The molecule has 1 aromatic heterocycles. The van der Waals surface area contributed by atoms with E-state index in [2.05, 4.69) is 10.3 Å². The van der Waals surface area contributed by atoms with E-state index in [1.807, 2.05) is 0 Å². The summed E-state index contributed by atoms with van der Waals surface area (Å²) < 4.78 is 18.5. The molecule has 1 saturated heterocycles. The molecule has 2 heterocycles. The average molecular weight is 231 g/mol. The second kappa shape index (κ2) is 4.77. The minimum Gasteiger partial charge on any atom is -0.487 e. The van der Waals surface area contributed by atoms with E-state index in [4.69, 9.17) is 16.3 Å². The van der Waals surface area contributed by atoms with Crippen LogP contribution in [0.5, 0.6) is 5.75 Å². The molecule has 0 amide bonds. The van der Waals surface area contributed by atoms with Crippen molar-refractivity contribution in [3.05, 3.63) is 23.2 Å². The minimum absolute atomic E-state index is 0.138. The maximum atomic E-state index is 13.2. The third-order valence-corrected chi connectivity index (χ3v) is 2.59. The Kier molecular flexibility index (Phi) is 3.38. The van der Waals surface area contributed by atoms with Crippen molar-refractivity contribution in [1.82, 2.24) is 10.3 Å². The molecule has 1 aliphatic rings. The summed E-state index contributed by atoms with van der Waals surface area (Å²) >= 11 is 5.53. The number of halogens is 2. The number of nitrogens with one attached hydrogen (secondary N) is 1. The highest BCUT2D eigenvalue weighted by atomic mass is 35.5. The van der Waals surface area contributed by atoms with Crippen LogP contribution in [0.4, 0.5) is 4.39 Å². The van der Waals surface area contributed by atoms with Gasteiger partial charge in [-0.05, 0) is 31.5 Å². The normalized spacial score (nSPS) is 20.5. The van der Waals surface area contributed by atoms with Crippen LogP contribution in [-0.2, 0) is 0 Å². The van der Waals surface area contributed by atoms with Crippen LogP contribution in [0.1, 0.15) is 12.8 Å². The van der Waals surface area contributed by atoms with Gasteiger partial charge in [0.05, 0.1) is 0 Å². The lowest BCUT2D eigenvalue weighted by molar-refractivity contribution is 0.262. The SMILES string of the molecule is Fc1nc(Cl)ccc1OC[C@@H]1CCCN1. The number of ether oxygens (including phenoxy) is 1. The molecule has 15 heavy (non-hydrogen) atoms. The van der Waals surface area contributed by atoms with Gasteiger partial charge in [0.2, 0.25) is 0 Å². The molecule has 2 rings (SSSR count). The molecule has 0 bridgehead atoms. The lowest BCUT2D eigenvalue weighted by Crippen LogP contribution is -2.28. The number of pyridine rings is 1. The summed E-state index contributed by atoms with van der Waals surface area (Å²) in [4.78, 5) is 3.47. The lowest BCUT2D eigenvalue weighted by atomic mass is 10.2. The van der Waals surface area contributed by atoms with E-state index < -0.39 is 5.95 Å².